The van der Waals surface area contributed by atoms with Crippen LogP contribution >= 0.6 is 0 Å². The van der Waals surface area contributed by atoms with E-state index in [1.807, 2.05) is 4.90 Å². The number of β-amino-alcohol motifs (C(OH)–C–C–N with tert-alkyl or cyclic N) is 1. The lowest BCUT2D eigenvalue weighted by molar-refractivity contribution is -0.0724. The molecule has 1 aromatic rings. The van der Waals surface area contributed by atoms with Crippen molar-refractivity contribution in [3.05, 3.63) is 35.4 Å². The number of hydrogen-bond donors (Lipinski definition) is 1. The number of alkyl halides is 2. The van der Waals surface area contributed by atoms with E-state index in [1.165, 1.54) is 11.1 Å². The number of hydrogen-bond acceptors (Lipinski definition) is 5. The smallest absolute Gasteiger partial charge is 0.250 e. The van der Waals surface area contributed by atoms with Crippen molar-refractivity contribution < 1.29 is 18.6 Å². The van der Waals surface area contributed by atoms with Crippen molar-refractivity contribution in [3.63, 3.8) is 0 Å². The molecule has 0 amide bonds. The zero-order valence-corrected chi connectivity index (χ0v) is 17.2. The fraction of sp³-hybridized carbons (Fsp3) is 0.727. The molecule has 1 atom stereocenters. The van der Waals surface area contributed by atoms with Crippen LogP contribution in [0.5, 0.6) is 0 Å². The largest absolute Gasteiger partial charge is 0.387 e. The molecule has 0 saturated carbocycles. The second kappa shape index (κ2) is 8.94. The Balaban J connectivity index is 1.27. The number of nitrogens with zero attached hydrogens (tertiary/aromatic N) is 3. The Labute approximate surface area is 172 Å². The van der Waals surface area contributed by atoms with Crippen LogP contribution in [-0.2, 0) is 17.8 Å². The maximum Gasteiger partial charge on any atom is 0.250 e. The predicted molar refractivity (Wildman–Crippen MR) is 108 cm³/mol. The van der Waals surface area contributed by atoms with Gasteiger partial charge in [-0.05, 0) is 17.5 Å². The minimum absolute atomic E-state index is 0.0945. The van der Waals surface area contributed by atoms with E-state index in [-0.39, 0.29) is 12.8 Å². The molecule has 3 aliphatic heterocycles. The van der Waals surface area contributed by atoms with E-state index in [0.29, 0.717) is 32.6 Å². The van der Waals surface area contributed by atoms with Crippen molar-refractivity contribution in [2.24, 2.45) is 0 Å². The topological polar surface area (TPSA) is 39.2 Å². The van der Waals surface area contributed by atoms with Crippen molar-refractivity contribution in [3.8, 4) is 0 Å². The summed E-state index contributed by atoms with van der Waals surface area (Å²) in [6.45, 7) is 8.02. The van der Waals surface area contributed by atoms with Crippen molar-refractivity contribution in [2.45, 2.75) is 43.9 Å². The van der Waals surface area contributed by atoms with Gasteiger partial charge >= 0.3 is 0 Å². The first-order valence-electron chi connectivity index (χ1n) is 10.8. The number of aliphatic hydroxyl groups is 1. The first-order valence-corrected chi connectivity index (χ1v) is 10.8. The SMILES string of the molecule is O[C@@]1(CN2CCC(F)(F)CC2)CCN(Cc2cccc(CN3CCOCC3)c2)C1. The quantitative estimate of drug-likeness (QED) is 0.780. The van der Waals surface area contributed by atoms with Crippen LogP contribution in [-0.4, -0.2) is 90.4 Å². The van der Waals surface area contributed by atoms with Crippen LogP contribution in [0.1, 0.15) is 30.4 Å². The lowest BCUT2D eigenvalue weighted by Gasteiger charge is -2.36. The first-order chi connectivity index (χ1) is 13.9. The minimum Gasteiger partial charge on any atom is -0.387 e. The van der Waals surface area contributed by atoms with Gasteiger partial charge in [0.25, 0.3) is 5.92 Å². The van der Waals surface area contributed by atoms with Gasteiger partial charge in [-0.15, -0.1) is 0 Å². The van der Waals surface area contributed by atoms with E-state index in [1.54, 1.807) is 0 Å². The number of likely N-dealkylation sites (tertiary alicyclic amines) is 2. The molecule has 3 aliphatic rings. The summed E-state index contributed by atoms with van der Waals surface area (Å²) in [6.07, 6.45) is 0.513. The average molecular weight is 410 g/mol. The molecule has 4 rings (SSSR count). The molecule has 0 bridgehead atoms. The van der Waals surface area contributed by atoms with Crippen LogP contribution in [0.4, 0.5) is 8.78 Å². The third-order valence-electron chi connectivity index (χ3n) is 6.42. The van der Waals surface area contributed by atoms with Crippen LogP contribution in [0, 0.1) is 0 Å². The molecular weight excluding hydrogens is 376 g/mol. The Bertz CT molecular complexity index is 674. The summed E-state index contributed by atoms with van der Waals surface area (Å²) in [4.78, 5) is 6.70. The van der Waals surface area contributed by atoms with E-state index >= 15 is 0 Å². The van der Waals surface area contributed by atoms with Gasteiger partial charge < -0.3 is 9.84 Å². The van der Waals surface area contributed by atoms with E-state index in [2.05, 4.69) is 34.1 Å². The maximum atomic E-state index is 13.4. The summed E-state index contributed by atoms with van der Waals surface area (Å²) in [5, 5.41) is 11.0. The van der Waals surface area contributed by atoms with Gasteiger partial charge in [-0.3, -0.25) is 14.7 Å². The normalized spacial score (nSPS) is 29.3. The molecule has 0 spiro atoms. The summed E-state index contributed by atoms with van der Waals surface area (Å²) >= 11 is 0. The number of halogens is 2. The standard InChI is InChI=1S/C22H33F2N3O2/c23-22(24)5-8-26(9-6-22)17-21(28)4-7-27(18-21)16-20-3-1-2-19(14-20)15-25-10-12-29-13-11-25/h1-3,14,28H,4-13,15-18H2/t21-/m1/s1. The number of benzene rings is 1. The highest BCUT2D eigenvalue weighted by Gasteiger charge is 2.40. The number of ether oxygens (including phenoxy) is 1. The van der Waals surface area contributed by atoms with Gasteiger partial charge in [0.05, 0.1) is 18.8 Å². The first kappa shape index (κ1) is 21.1. The van der Waals surface area contributed by atoms with E-state index in [0.717, 1.165) is 45.9 Å². The summed E-state index contributed by atoms with van der Waals surface area (Å²) in [5.41, 5.74) is 1.78. The summed E-state index contributed by atoms with van der Waals surface area (Å²) in [7, 11) is 0. The van der Waals surface area contributed by atoms with Crippen LogP contribution in [0.15, 0.2) is 24.3 Å². The molecule has 0 aliphatic carbocycles. The zero-order valence-electron chi connectivity index (χ0n) is 17.2. The predicted octanol–water partition coefficient (Wildman–Crippen LogP) is 2.19. The average Bonchev–Trinajstić information content (AvgIpc) is 3.05. The number of piperidine rings is 1. The molecule has 162 valence electrons. The molecule has 29 heavy (non-hydrogen) atoms. The molecule has 3 saturated heterocycles. The number of rotatable bonds is 6. The second-order valence-corrected chi connectivity index (χ2v) is 9.03. The molecule has 1 aromatic carbocycles. The Morgan fingerprint density at radius 2 is 1.48 bits per heavy atom. The van der Waals surface area contributed by atoms with Crippen molar-refractivity contribution in [1.29, 1.82) is 0 Å². The fourth-order valence-corrected chi connectivity index (χ4v) is 4.76. The van der Waals surface area contributed by atoms with Crippen molar-refractivity contribution in [2.75, 3.05) is 59.0 Å². The lowest BCUT2D eigenvalue weighted by atomic mass is 10.00. The third-order valence-corrected chi connectivity index (χ3v) is 6.42. The van der Waals surface area contributed by atoms with Gasteiger partial charge in [-0.25, -0.2) is 8.78 Å². The maximum absolute atomic E-state index is 13.4. The Morgan fingerprint density at radius 1 is 0.862 bits per heavy atom. The molecule has 3 heterocycles. The van der Waals surface area contributed by atoms with Crippen LogP contribution < -0.4 is 0 Å². The highest BCUT2D eigenvalue weighted by Crippen LogP contribution is 2.30. The molecule has 7 heteroatoms. The Kier molecular flexibility index (Phi) is 6.51. The molecule has 0 aromatic heterocycles. The number of morpholine rings is 1. The molecule has 0 unspecified atom stereocenters. The zero-order chi connectivity index (χ0) is 20.3. The minimum atomic E-state index is -2.53. The van der Waals surface area contributed by atoms with Crippen LogP contribution in [0.3, 0.4) is 0 Å². The van der Waals surface area contributed by atoms with Crippen molar-refractivity contribution in [1.82, 2.24) is 14.7 Å². The molecule has 5 nitrogen and oxygen atoms in total. The second-order valence-electron chi connectivity index (χ2n) is 9.03. The van der Waals surface area contributed by atoms with E-state index in [4.69, 9.17) is 4.74 Å². The molecule has 3 fully saturated rings. The van der Waals surface area contributed by atoms with Gasteiger partial charge in [0.1, 0.15) is 0 Å². The van der Waals surface area contributed by atoms with E-state index in [9.17, 15) is 13.9 Å². The fourth-order valence-electron chi connectivity index (χ4n) is 4.76. The van der Waals surface area contributed by atoms with Gasteiger partial charge in [0.15, 0.2) is 0 Å². The summed E-state index contributed by atoms with van der Waals surface area (Å²) in [6, 6.07) is 8.69. The molecular formula is C22H33F2N3O2. The lowest BCUT2D eigenvalue weighted by Crippen LogP contribution is -2.49. The molecule has 1 N–H and O–H groups in total. The van der Waals surface area contributed by atoms with Gasteiger partial charge in [-0.2, -0.15) is 0 Å². The van der Waals surface area contributed by atoms with Crippen molar-refractivity contribution >= 4 is 0 Å². The Morgan fingerprint density at radius 3 is 2.17 bits per heavy atom. The van der Waals surface area contributed by atoms with Crippen LogP contribution in [0.25, 0.3) is 0 Å². The van der Waals surface area contributed by atoms with Gasteiger partial charge in [-0.1, -0.05) is 24.3 Å². The van der Waals surface area contributed by atoms with Crippen LogP contribution in [0.2, 0.25) is 0 Å². The highest BCUT2D eigenvalue weighted by molar-refractivity contribution is 5.23. The Hall–Kier alpha value is -1.12. The summed E-state index contributed by atoms with van der Waals surface area (Å²) < 4.78 is 32.2. The summed E-state index contributed by atoms with van der Waals surface area (Å²) in [5.74, 6) is -2.53. The molecule has 0 radical (unpaired) electrons. The van der Waals surface area contributed by atoms with E-state index < -0.39 is 11.5 Å². The highest BCUT2D eigenvalue weighted by atomic mass is 19.3. The third kappa shape index (κ3) is 5.95. The van der Waals surface area contributed by atoms with Gasteiger partial charge in [0, 0.05) is 71.7 Å². The van der Waals surface area contributed by atoms with Gasteiger partial charge in [0.2, 0.25) is 0 Å². The monoisotopic (exact) mass is 409 g/mol.